The van der Waals surface area contributed by atoms with Crippen LogP contribution in [0.3, 0.4) is 0 Å². The number of aryl methyl sites for hydroxylation is 2. The number of ether oxygens (including phenoxy) is 1. The van der Waals surface area contributed by atoms with Crippen LogP contribution in [0.25, 0.3) is 0 Å². The van der Waals surface area contributed by atoms with Crippen LogP contribution in [-0.2, 0) is 22.6 Å². The number of amides is 1. The fourth-order valence-corrected chi connectivity index (χ4v) is 3.02. The molecule has 1 amide bonds. The quantitative estimate of drug-likeness (QED) is 0.826. The first-order valence-corrected chi connectivity index (χ1v) is 8.63. The smallest absolute Gasteiger partial charge is 0.224 e. The largest absolute Gasteiger partial charge is 0.379 e. The maximum absolute atomic E-state index is 12.3. The number of nitrogens with zero attached hydrogens (tertiary/aromatic N) is 3. The summed E-state index contributed by atoms with van der Waals surface area (Å²) < 4.78 is 7.38. The Balaban J connectivity index is 1.86. The normalized spacial score (nSPS) is 17.2. The Morgan fingerprint density at radius 3 is 2.70 bits per heavy atom. The van der Waals surface area contributed by atoms with Crippen LogP contribution in [0, 0.1) is 19.8 Å². The highest BCUT2D eigenvalue weighted by Crippen LogP contribution is 2.13. The van der Waals surface area contributed by atoms with Gasteiger partial charge < -0.3 is 10.1 Å². The van der Waals surface area contributed by atoms with Crippen molar-refractivity contribution in [3.8, 4) is 0 Å². The molecule has 1 saturated heterocycles. The Morgan fingerprint density at radius 1 is 1.35 bits per heavy atom. The van der Waals surface area contributed by atoms with Gasteiger partial charge in [-0.25, -0.2) is 0 Å². The summed E-state index contributed by atoms with van der Waals surface area (Å²) in [6.45, 7) is 13.9. The monoisotopic (exact) mass is 322 g/mol. The van der Waals surface area contributed by atoms with Gasteiger partial charge in [0.2, 0.25) is 5.91 Å². The molecule has 1 aromatic heterocycles. The van der Waals surface area contributed by atoms with Crippen LogP contribution in [0.2, 0.25) is 0 Å². The van der Waals surface area contributed by atoms with Gasteiger partial charge >= 0.3 is 0 Å². The van der Waals surface area contributed by atoms with E-state index in [9.17, 15) is 4.79 Å². The number of hydrogen-bond acceptors (Lipinski definition) is 4. The van der Waals surface area contributed by atoms with Gasteiger partial charge in [-0.15, -0.1) is 0 Å². The summed E-state index contributed by atoms with van der Waals surface area (Å²) in [7, 11) is 0. The highest BCUT2D eigenvalue weighted by atomic mass is 16.5. The van der Waals surface area contributed by atoms with Crippen LogP contribution in [0.5, 0.6) is 0 Å². The standard InChI is InChI=1S/C17H30N4O2/c1-5-6-21-15(4)16(14(3)19-21)11-18-17(22)13(2)12-20-7-9-23-10-8-20/h13H,5-12H2,1-4H3,(H,18,22)/t13-/m1/s1. The Hall–Kier alpha value is -1.40. The maximum atomic E-state index is 12.3. The van der Waals surface area contributed by atoms with E-state index in [1.165, 1.54) is 0 Å². The Kier molecular flexibility index (Phi) is 6.59. The van der Waals surface area contributed by atoms with Crippen molar-refractivity contribution in [2.24, 2.45) is 5.92 Å². The maximum Gasteiger partial charge on any atom is 0.224 e. The molecule has 0 saturated carbocycles. The number of aromatic nitrogens is 2. The van der Waals surface area contributed by atoms with Gasteiger partial charge in [-0.2, -0.15) is 5.10 Å². The van der Waals surface area contributed by atoms with E-state index in [-0.39, 0.29) is 11.8 Å². The van der Waals surface area contributed by atoms with Gasteiger partial charge in [-0.05, 0) is 20.3 Å². The molecule has 2 rings (SSSR count). The molecular weight excluding hydrogens is 292 g/mol. The van der Waals surface area contributed by atoms with Crippen LogP contribution in [0.15, 0.2) is 0 Å². The molecule has 0 spiro atoms. The fraction of sp³-hybridized carbons (Fsp3) is 0.765. The number of rotatable bonds is 7. The van der Waals surface area contributed by atoms with E-state index in [0.29, 0.717) is 6.54 Å². The molecule has 0 unspecified atom stereocenters. The van der Waals surface area contributed by atoms with Gasteiger partial charge in [-0.1, -0.05) is 13.8 Å². The summed E-state index contributed by atoms with van der Waals surface area (Å²) in [5.74, 6) is 0.0953. The molecule has 1 aliphatic rings. The number of hydrogen-bond donors (Lipinski definition) is 1. The zero-order chi connectivity index (χ0) is 16.8. The summed E-state index contributed by atoms with van der Waals surface area (Å²) in [4.78, 5) is 14.6. The van der Waals surface area contributed by atoms with Crippen molar-refractivity contribution in [3.05, 3.63) is 17.0 Å². The molecule has 0 bridgehead atoms. The number of morpholine rings is 1. The minimum absolute atomic E-state index is 0.0144. The van der Waals surface area contributed by atoms with Gasteiger partial charge in [0.05, 0.1) is 18.9 Å². The molecule has 0 radical (unpaired) electrons. The minimum atomic E-state index is -0.0144. The summed E-state index contributed by atoms with van der Waals surface area (Å²) in [5.41, 5.74) is 3.31. The molecule has 0 aliphatic carbocycles. The molecule has 1 aliphatic heterocycles. The predicted octanol–water partition coefficient (Wildman–Crippen LogP) is 1.49. The molecular formula is C17H30N4O2. The summed E-state index contributed by atoms with van der Waals surface area (Å²) in [6, 6.07) is 0. The topological polar surface area (TPSA) is 59.4 Å². The van der Waals surface area contributed by atoms with Crippen molar-refractivity contribution in [2.45, 2.75) is 47.2 Å². The molecule has 1 atom stereocenters. The lowest BCUT2D eigenvalue weighted by atomic mass is 10.1. The van der Waals surface area contributed by atoms with Gasteiger partial charge in [0.25, 0.3) is 0 Å². The van der Waals surface area contributed by atoms with E-state index in [0.717, 1.165) is 62.8 Å². The van der Waals surface area contributed by atoms with E-state index in [1.807, 2.05) is 18.5 Å². The average Bonchev–Trinajstić information content (AvgIpc) is 2.80. The number of nitrogens with one attached hydrogen (secondary N) is 1. The molecule has 130 valence electrons. The lowest BCUT2D eigenvalue weighted by molar-refractivity contribution is -0.125. The summed E-state index contributed by atoms with van der Waals surface area (Å²) >= 11 is 0. The number of carbonyl (C=O) groups excluding carboxylic acids is 1. The molecule has 0 aromatic carbocycles. The van der Waals surface area contributed by atoms with Crippen LogP contribution < -0.4 is 5.32 Å². The third kappa shape index (κ3) is 4.78. The van der Waals surface area contributed by atoms with Crippen molar-refractivity contribution < 1.29 is 9.53 Å². The third-order valence-corrected chi connectivity index (χ3v) is 4.49. The predicted molar refractivity (Wildman–Crippen MR) is 90.3 cm³/mol. The zero-order valence-electron chi connectivity index (χ0n) is 14.9. The molecule has 1 N–H and O–H groups in total. The molecule has 1 aromatic rings. The van der Waals surface area contributed by atoms with Crippen molar-refractivity contribution in [1.82, 2.24) is 20.0 Å². The van der Waals surface area contributed by atoms with E-state index < -0.39 is 0 Å². The SMILES string of the molecule is CCCn1nc(C)c(CNC(=O)[C@H](C)CN2CCOCC2)c1C. The van der Waals surface area contributed by atoms with Crippen LogP contribution >= 0.6 is 0 Å². The summed E-state index contributed by atoms with van der Waals surface area (Å²) in [6.07, 6.45) is 1.06. The second-order valence-electron chi connectivity index (χ2n) is 6.40. The minimum Gasteiger partial charge on any atom is -0.379 e. The van der Waals surface area contributed by atoms with E-state index in [1.54, 1.807) is 0 Å². The summed E-state index contributed by atoms with van der Waals surface area (Å²) in [5, 5.41) is 7.63. The first kappa shape index (κ1) is 17.9. The van der Waals surface area contributed by atoms with Crippen molar-refractivity contribution in [2.75, 3.05) is 32.8 Å². The van der Waals surface area contributed by atoms with E-state index in [2.05, 4.69) is 29.2 Å². The molecule has 6 heteroatoms. The van der Waals surface area contributed by atoms with Gasteiger partial charge in [0.1, 0.15) is 0 Å². The molecule has 1 fully saturated rings. The van der Waals surface area contributed by atoms with Crippen molar-refractivity contribution in [1.29, 1.82) is 0 Å². The molecule has 2 heterocycles. The second-order valence-corrected chi connectivity index (χ2v) is 6.40. The van der Waals surface area contributed by atoms with Crippen molar-refractivity contribution in [3.63, 3.8) is 0 Å². The lowest BCUT2D eigenvalue weighted by Crippen LogP contribution is -2.42. The lowest BCUT2D eigenvalue weighted by Gasteiger charge is -2.28. The van der Waals surface area contributed by atoms with Crippen molar-refractivity contribution >= 4 is 5.91 Å². The van der Waals surface area contributed by atoms with Gasteiger partial charge in [0, 0.05) is 49.9 Å². The highest BCUT2D eigenvalue weighted by Gasteiger charge is 2.19. The zero-order valence-corrected chi connectivity index (χ0v) is 14.9. The highest BCUT2D eigenvalue weighted by molar-refractivity contribution is 5.78. The second kappa shape index (κ2) is 8.45. The first-order chi connectivity index (χ1) is 11.0. The Labute approximate surface area is 139 Å². The third-order valence-electron chi connectivity index (χ3n) is 4.49. The average molecular weight is 322 g/mol. The first-order valence-electron chi connectivity index (χ1n) is 8.63. The van der Waals surface area contributed by atoms with Crippen LogP contribution in [0.4, 0.5) is 0 Å². The fourth-order valence-electron chi connectivity index (χ4n) is 3.02. The van der Waals surface area contributed by atoms with Crippen LogP contribution in [-0.4, -0.2) is 53.4 Å². The Morgan fingerprint density at radius 2 is 2.04 bits per heavy atom. The molecule has 23 heavy (non-hydrogen) atoms. The van der Waals surface area contributed by atoms with E-state index in [4.69, 9.17) is 4.74 Å². The molecule has 6 nitrogen and oxygen atoms in total. The number of carbonyl (C=O) groups is 1. The Bertz CT molecular complexity index is 521. The van der Waals surface area contributed by atoms with E-state index >= 15 is 0 Å². The van der Waals surface area contributed by atoms with Gasteiger partial charge in [-0.3, -0.25) is 14.4 Å². The van der Waals surface area contributed by atoms with Gasteiger partial charge in [0.15, 0.2) is 0 Å². The van der Waals surface area contributed by atoms with Crippen LogP contribution in [0.1, 0.15) is 37.2 Å².